The lowest BCUT2D eigenvalue weighted by Crippen LogP contribution is -2.42. The molecule has 11 heteroatoms. The summed E-state index contributed by atoms with van der Waals surface area (Å²) in [6.45, 7) is 0.240. The largest absolute Gasteiger partial charge is 0.416 e. The lowest BCUT2D eigenvalue weighted by molar-refractivity contribution is -0.137. The molecule has 2 amide bonds. The number of halogens is 3. The topological polar surface area (TPSA) is 101 Å². The van der Waals surface area contributed by atoms with Crippen LogP contribution < -0.4 is 10.6 Å². The van der Waals surface area contributed by atoms with E-state index < -0.39 is 17.8 Å². The fourth-order valence-electron chi connectivity index (χ4n) is 3.74. The molecule has 3 aromatic heterocycles. The predicted octanol–water partition coefficient (Wildman–Crippen LogP) is 4.39. The van der Waals surface area contributed by atoms with Crippen molar-refractivity contribution in [1.82, 2.24) is 24.8 Å². The summed E-state index contributed by atoms with van der Waals surface area (Å²) in [6, 6.07) is 7.62. The molecule has 4 aromatic rings. The van der Waals surface area contributed by atoms with Crippen LogP contribution in [0.4, 0.5) is 35.3 Å². The Bertz CT molecular complexity index is 1390. The normalized spacial score (nSPS) is 14.0. The Morgan fingerprint density at radius 2 is 1.79 bits per heavy atom. The fraction of sp³-hybridized carbons (Fsp3) is 0.136. The highest BCUT2D eigenvalue weighted by Crippen LogP contribution is 2.40. The number of rotatable bonds is 2. The molecule has 0 bridgehead atoms. The van der Waals surface area contributed by atoms with E-state index in [9.17, 15) is 18.0 Å². The maximum atomic E-state index is 13.4. The van der Waals surface area contributed by atoms with Crippen LogP contribution >= 0.6 is 0 Å². The van der Waals surface area contributed by atoms with Crippen molar-refractivity contribution in [3.05, 3.63) is 66.1 Å². The van der Waals surface area contributed by atoms with Gasteiger partial charge in [0.2, 0.25) is 5.95 Å². The van der Waals surface area contributed by atoms with E-state index in [0.717, 1.165) is 12.1 Å². The smallest absolute Gasteiger partial charge is 0.368 e. The second-order valence-electron chi connectivity index (χ2n) is 7.55. The van der Waals surface area contributed by atoms with Crippen molar-refractivity contribution < 1.29 is 18.0 Å². The van der Waals surface area contributed by atoms with Crippen LogP contribution in [-0.2, 0) is 12.7 Å². The molecule has 0 atom stereocenters. The van der Waals surface area contributed by atoms with E-state index in [0.29, 0.717) is 33.5 Å². The van der Waals surface area contributed by atoms with E-state index in [-0.39, 0.29) is 18.2 Å². The molecule has 166 valence electrons. The third-order valence-corrected chi connectivity index (χ3v) is 5.31. The van der Waals surface area contributed by atoms with Crippen molar-refractivity contribution in [1.29, 1.82) is 0 Å². The van der Waals surface area contributed by atoms with Crippen molar-refractivity contribution in [3.8, 4) is 11.3 Å². The number of amides is 2. The van der Waals surface area contributed by atoms with Crippen LogP contribution in [0.25, 0.3) is 22.3 Å². The summed E-state index contributed by atoms with van der Waals surface area (Å²) in [7, 11) is 1.58. The Hall–Kier alpha value is -4.28. The molecule has 2 N–H and O–H groups in total. The quantitative estimate of drug-likeness (QED) is 0.485. The third-order valence-electron chi connectivity index (χ3n) is 5.31. The molecule has 0 radical (unpaired) electrons. The highest BCUT2D eigenvalue weighted by molar-refractivity contribution is 6.08. The van der Waals surface area contributed by atoms with Gasteiger partial charge in [-0.25, -0.2) is 19.7 Å². The van der Waals surface area contributed by atoms with Gasteiger partial charge in [-0.05, 0) is 30.3 Å². The standard InChI is InChI=1S/C22H16F3N7O/c1-31-11-13-10-27-17-6-5-16(12-8-28-20(26)29-9-12)30-18(17)19(13)32(21(31)33)15-4-2-3-14(7-15)22(23,24)25/h2-10H,11H2,1H3,(H2,26,28,29). The molecule has 0 fully saturated rings. The van der Waals surface area contributed by atoms with E-state index in [1.54, 1.807) is 25.4 Å². The number of nitrogens with two attached hydrogens (primary N) is 1. The molecule has 8 nitrogen and oxygen atoms in total. The number of fused-ring (bicyclic) bond motifs is 3. The van der Waals surface area contributed by atoms with Gasteiger partial charge in [0.1, 0.15) is 5.52 Å². The molecule has 0 aliphatic carbocycles. The van der Waals surface area contributed by atoms with Gasteiger partial charge in [-0.2, -0.15) is 13.2 Å². The number of alkyl halides is 3. The van der Waals surface area contributed by atoms with E-state index in [2.05, 4.69) is 19.9 Å². The van der Waals surface area contributed by atoms with Crippen LogP contribution in [0.5, 0.6) is 0 Å². The number of anilines is 3. The first-order valence-corrected chi connectivity index (χ1v) is 9.81. The third kappa shape index (κ3) is 3.56. The second kappa shape index (κ2) is 7.40. The van der Waals surface area contributed by atoms with E-state index in [4.69, 9.17) is 5.73 Å². The molecular formula is C22H16F3N7O. The molecule has 0 saturated carbocycles. The molecule has 1 aliphatic heterocycles. The van der Waals surface area contributed by atoms with Crippen molar-refractivity contribution in [2.24, 2.45) is 0 Å². The van der Waals surface area contributed by atoms with Crippen LogP contribution in [0.3, 0.4) is 0 Å². The molecular weight excluding hydrogens is 435 g/mol. The molecule has 0 saturated heterocycles. The summed E-state index contributed by atoms with van der Waals surface area (Å²) in [5, 5.41) is 0. The number of nitrogens with zero attached hydrogens (tertiary/aromatic N) is 6. The summed E-state index contributed by atoms with van der Waals surface area (Å²) >= 11 is 0. The van der Waals surface area contributed by atoms with Crippen molar-refractivity contribution in [2.45, 2.75) is 12.7 Å². The zero-order chi connectivity index (χ0) is 23.3. The first kappa shape index (κ1) is 20.6. The summed E-state index contributed by atoms with van der Waals surface area (Å²) in [5.74, 6) is 0.114. The summed E-state index contributed by atoms with van der Waals surface area (Å²) < 4.78 is 40.1. The Kier molecular flexibility index (Phi) is 4.62. The van der Waals surface area contributed by atoms with Crippen molar-refractivity contribution >= 4 is 34.4 Å². The van der Waals surface area contributed by atoms with Gasteiger partial charge in [-0.3, -0.25) is 9.88 Å². The van der Waals surface area contributed by atoms with E-state index in [1.807, 2.05) is 0 Å². The van der Waals surface area contributed by atoms with Gasteiger partial charge in [0, 0.05) is 36.8 Å². The molecule has 1 aromatic carbocycles. The summed E-state index contributed by atoms with van der Waals surface area (Å²) in [6.07, 6.45) is 0.0883. The number of pyridine rings is 2. The average molecular weight is 451 g/mol. The molecule has 0 unspecified atom stereocenters. The molecule has 0 spiro atoms. The van der Waals surface area contributed by atoms with Crippen LogP contribution in [0.1, 0.15) is 11.1 Å². The first-order chi connectivity index (χ1) is 15.7. The van der Waals surface area contributed by atoms with E-state index in [1.165, 1.54) is 34.3 Å². The van der Waals surface area contributed by atoms with Gasteiger partial charge >= 0.3 is 12.2 Å². The summed E-state index contributed by atoms with van der Waals surface area (Å²) in [5.41, 5.74) is 7.79. The van der Waals surface area contributed by atoms with Gasteiger partial charge in [-0.1, -0.05) is 6.07 Å². The maximum absolute atomic E-state index is 13.4. The van der Waals surface area contributed by atoms with Gasteiger partial charge in [0.05, 0.1) is 34.7 Å². The molecule has 1 aliphatic rings. The summed E-state index contributed by atoms with van der Waals surface area (Å²) in [4.78, 5) is 32.9. The monoisotopic (exact) mass is 451 g/mol. The number of carbonyl (C=O) groups is 1. The lowest BCUT2D eigenvalue weighted by Gasteiger charge is -2.35. The maximum Gasteiger partial charge on any atom is 0.416 e. The van der Waals surface area contributed by atoms with Gasteiger partial charge in [-0.15, -0.1) is 0 Å². The lowest BCUT2D eigenvalue weighted by atomic mass is 10.1. The number of hydrogen-bond donors (Lipinski definition) is 1. The zero-order valence-corrected chi connectivity index (χ0v) is 17.2. The Morgan fingerprint density at radius 3 is 2.52 bits per heavy atom. The van der Waals surface area contributed by atoms with Crippen molar-refractivity contribution in [2.75, 3.05) is 17.7 Å². The number of hydrogen-bond acceptors (Lipinski definition) is 6. The van der Waals surface area contributed by atoms with Crippen LogP contribution in [0.2, 0.25) is 0 Å². The SMILES string of the molecule is CN1Cc2cnc3ccc(-c4cnc(N)nc4)nc3c2N(c2cccc(C(F)(F)F)c2)C1=O. The first-order valence-electron chi connectivity index (χ1n) is 9.81. The number of benzene rings is 1. The molecule has 5 rings (SSSR count). The number of nitrogen functional groups attached to an aromatic ring is 1. The van der Waals surface area contributed by atoms with Crippen LogP contribution in [-0.4, -0.2) is 37.9 Å². The average Bonchev–Trinajstić information content (AvgIpc) is 2.79. The predicted molar refractivity (Wildman–Crippen MR) is 115 cm³/mol. The Morgan fingerprint density at radius 1 is 1.03 bits per heavy atom. The number of carbonyl (C=O) groups excluding carboxylic acids is 1. The van der Waals surface area contributed by atoms with Crippen molar-refractivity contribution in [3.63, 3.8) is 0 Å². The minimum absolute atomic E-state index is 0.0816. The Balaban J connectivity index is 1.74. The highest BCUT2D eigenvalue weighted by Gasteiger charge is 2.35. The minimum Gasteiger partial charge on any atom is -0.368 e. The van der Waals surface area contributed by atoms with Crippen LogP contribution in [0, 0.1) is 0 Å². The van der Waals surface area contributed by atoms with Crippen LogP contribution in [0.15, 0.2) is 55.0 Å². The van der Waals surface area contributed by atoms with Gasteiger partial charge in [0.25, 0.3) is 0 Å². The van der Waals surface area contributed by atoms with Gasteiger partial charge < -0.3 is 10.6 Å². The number of aromatic nitrogens is 4. The molecule has 33 heavy (non-hydrogen) atoms. The Labute approximate surface area is 185 Å². The highest BCUT2D eigenvalue weighted by atomic mass is 19.4. The minimum atomic E-state index is -4.55. The number of urea groups is 1. The fourth-order valence-corrected chi connectivity index (χ4v) is 3.74. The second-order valence-corrected chi connectivity index (χ2v) is 7.55. The molecule has 4 heterocycles. The van der Waals surface area contributed by atoms with E-state index >= 15 is 0 Å². The van der Waals surface area contributed by atoms with Gasteiger partial charge in [0.15, 0.2) is 0 Å². The zero-order valence-electron chi connectivity index (χ0n) is 17.2.